The van der Waals surface area contributed by atoms with Gasteiger partial charge in [-0.2, -0.15) is 0 Å². The summed E-state index contributed by atoms with van der Waals surface area (Å²) in [4.78, 5) is 14.4. The zero-order valence-corrected chi connectivity index (χ0v) is 17.7. The Morgan fingerprint density at radius 3 is 2.50 bits per heavy atom. The third kappa shape index (κ3) is 4.83. The standard InChI is InChI=1S/C22H24N4O3S/c1-28-19-9-7-18(8-10-19)21-23-24-22(26(21)15-17-5-3-2-4-6-17)30-16-20(27)25-11-13-29-14-12-25/h2-10H,11-16H2,1H3. The average molecular weight is 425 g/mol. The van der Waals surface area contributed by atoms with Crippen LogP contribution in [0.3, 0.4) is 0 Å². The predicted octanol–water partition coefficient (Wildman–Crippen LogP) is 2.95. The van der Waals surface area contributed by atoms with E-state index in [9.17, 15) is 4.79 Å². The summed E-state index contributed by atoms with van der Waals surface area (Å²) in [6.07, 6.45) is 0. The van der Waals surface area contributed by atoms with E-state index in [1.807, 2.05) is 47.4 Å². The summed E-state index contributed by atoms with van der Waals surface area (Å²) in [6, 6.07) is 17.9. The van der Waals surface area contributed by atoms with E-state index in [2.05, 4.69) is 26.9 Å². The van der Waals surface area contributed by atoms with Gasteiger partial charge in [-0.25, -0.2) is 0 Å². The minimum atomic E-state index is 0.101. The van der Waals surface area contributed by atoms with Crippen LogP contribution >= 0.6 is 11.8 Å². The number of rotatable bonds is 7. The molecule has 0 aliphatic carbocycles. The fourth-order valence-electron chi connectivity index (χ4n) is 3.29. The lowest BCUT2D eigenvalue weighted by molar-refractivity contribution is -0.132. The Morgan fingerprint density at radius 1 is 1.07 bits per heavy atom. The van der Waals surface area contributed by atoms with Crippen molar-refractivity contribution in [2.75, 3.05) is 39.2 Å². The molecular formula is C22H24N4O3S. The van der Waals surface area contributed by atoms with Crippen molar-refractivity contribution in [3.63, 3.8) is 0 Å². The molecule has 8 heteroatoms. The van der Waals surface area contributed by atoms with Gasteiger partial charge in [-0.3, -0.25) is 9.36 Å². The molecule has 0 radical (unpaired) electrons. The van der Waals surface area contributed by atoms with Crippen LogP contribution in [0.2, 0.25) is 0 Å². The van der Waals surface area contributed by atoms with Crippen molar-refractivity contribution in [3.05, 3.63) is 60.2 Å². The van der Waals surface area contributed by atoms with E-state index in [0.717, 1.165) is 27.9 Å². The van der Waals surface area contributed by atoms with Crippen LogP contribution in [0.4, 0.5) is 0 Å². The highest BCUT2D eigenvalue weighted by Crippen LogP contribution is 2.27. The van der Waals surface area contributed by atoms with E-state index in [-0.39, 0.29) is 5.91 Å². The third-order valence-electron chi connectivity index (χ3n) is 4.94. The number of aromatic nitrogens is 3. The van der Waals surface area contributed by atoms with Crippen LogP contribution < -0.4 is 4.74 Å². The van der Waals surface area contributed by atoms with Crippen molar-refractivity contribution < 1.29 is 14.3 Å². The Kier molecular flexibility index (Phi) is 6.66. The minimum Gasteiger partial charge on any atom is -0.497 e. The van der Waals surface area contributed by atoms with Crippen LogP contribution in [-0.4, -0.2) is 64.7 Å². The summed E-state index contributed by atoms with van der Waals surface area (Å²) in [5, 5.41) is 9.56. The van der Waals surface area contributed by atoms with Crippen molar-refractivity contribution in [2.24, 2.45) is 0 Å². The molecule has 1 aromatic heterocycles. The zero-order valence-electron chi connectivity index (χ0n) is 16.9. The van der Waals surface area contributed by atoms with Gasteiger partial charge in [0.25, 0.3) is 0 Å². The van der Waals surface area contributed by atoms with Gasteiger partial charge in [-0.05, 0) is 29.8 Å². The summed E-state index contributed by atoms with van der Waals surface area (Å²) >= 11 is 1.42. The van der Waals surface area contributed by atoms with Gasteiger partial charge in [0, 0.05) is 18.7 Å². The highest BCUT2D eigenvalue weighted by molar-refractivity contribution is 7.99. The molecule has 4 rings (SSSR count). The fraction of sp³-hybridized carbons (Fsp3) is 0.318. The third-order valence-corrected chi connectivity index (χ3v) is 5.89. The van der Waals surface area contributed by atoms with Crippen LogP contribution in [0.15, 0.2) is 59.8 Å². The van der Waals surface area contributed by atoms with E-state index in [1.54, 1.807) is 7.11 Å². The van der Waals surface area contributed by atoms with Crippen molar-refractivity contribution in [1.29, 1.82) is 0 Å². The normalized spacial score (nSPS) is 14.0. The van der Waals surface area contributed by atoms with Crippen LogP contribution in [0.1, 0.15) is 5.56 Å². The number of thioether (sulfide) groups is 1. The Bertz CT molecular complexity index is 970. The van der Waals surface area contributed by atoms with E-state index in [1.165, 1.54) is 11.8 Å². The number of nitrogens with zero attached hydrogens (tertiary/aromatic N) is 4. The molecule has 3 aromatic rings. The quantitative estimate of drug-likeness (QED) is 0.543. The van der Waals surface area contributed by atoms with Crippen molar-refractivity contribution in [2.45, 2.75) is 11.7 Å². The maximum absolute atomic E-state index is 12.6. The topological polar surface area (TPSA) is 69.5 Å². The summed E-state index contributed by atoms with van der Waals surface area (Å²) < 4.78 is 12.7. The largest absolute Gasteiger partial charge is 0.497 e. The molecule has 1 fully saturated rings. The molecule has 7 nitrogen and oxygen atoms in total. The van der Waals surface area contributed by atoms with Gasteiger partial charge in [0.05, 0.1) is 32.6 Å². The van der Waals surface area contributed by atoms with Crippen LogP contribution in [-0.2, 0) is 16.1 Å². The Hall–Kier alpha value is -2.84. The number of carbonyl (C=O) groups is 1. The Morgan fingerprint density at radius 2 is 1.80 bits per heavy atom. The molecule has 1 amide bonds. The first kappa shape index (κ1) is 20.4. The molecule has 1 saturated heterocycles. The number of amides is 1. The van der Waals surface area contributed by atoms with Crippen LogP contribution in [0.5, 0.6) is 5.75 Å². The van der Waals surface area contributed by atoms with E-state index < -0.39 is 0 Å². The molecule has 0 atom stereocenters. The first-order valence-electron chi connectivity index (χ1n) is 9.84. The lowest BCUT2D eigenvalue weighted by atomic mass is 10.2. The average Bonchev–Trinajstić information content (AvgIpc) is 3.21. The van der Waals surface area contributed by atoms with Crippen molar-refractivity contribution >= 4 is 17.7 Å². The van der Waals surface area contributed by atoms with Crippen LogP contribution in [0, 0.1) is 0 Å². The minimum absolute atomic E-state index is 0.101. The Labute approximate surface area is 180 Å². The maximum Gasteiger partial charge on any atom is 0.233 e. The fourth-order valence-corrected chi connectivity index (χ4v) is 4.13. The van der Waals surface area contributed by atoms with Gasteiger partial charge in [0.1, 0.15) is 5.75 Å². The highest BCUT2D eigenvalue weighted by Gasteiger charge is 2.20. The number of methoxy groups -OCH3 is 1. The number of hydrogen-bond acceptors (Lipinski definition) is 6. The second-order valence-electron chi connectivity index (χ2n) is 6.89. The van der Waals surface area contributed by atoms with Gasteiger partial charge in [0.15, 0.2) is 11.0 Å². The van der Waals surface area contributed by atoms with Gasteiger partial charge < -0.3 is 14.4 Å². The van der Waals surface area contributed by atoms with E-state index >= 15 is 0 Å². The number of morpholine rings is 1. The second kappa shape index (κ2) is 9.77. The molecule has 30 heavy (non-hydrogen) atoms. The summed E-state index contributed by atoms with van der Waals surface area (Å²) in [7, 11) is 1.65. The first-order chi connectivity index (χ1) is 14.7. The smallest absolute Gasteiger partial charge is 0.233 e. The molecule has 156 valence electrons. The van der Waals surface area contributed by atoms with Gasteiger partial charge >= 0.3 is 0 Å². The molecule has 0 unspecified atom stereocenters. The van der Waals surface area contributed by atoms with Crippen LogP contribution in [0.25, 0.3) is 11.4 Å². The molecular weight excluding hydrogens is 400 g/mol. The van der Waals surface area contributed by atoms with Crippen molar-refractivity contribution in [3.8, 4) is 17.1 Å². The van der Waals surface area contributed by atoms with E-state index in [4.69, 9.17) is 9.47 Å². The first-order valence-corrected chi connectivity index (χ1v) is 10.8. The molecule has 1 aliphatic rings. The van der Waals surface area contributed by atoms with Gasteiger partial charge in [-0.1, -0.05) is 42.1 Å². The lowest BCUT2D eigenvalue weighted by Gasteiger charge is -2.26. The summed E-state index contributed by atoms with van der Waals surface area (Å²) in [6.45, 7) is 3.12. The molecule has 0 N–H and O–H groups in total. The molecule has 1 aliphatic heterocycles. The molecule has 2 aromatic carbocycles. The monoisotopic (exact) mass is 424 g/mol. The highest BCUT2D eigenvalue weighted by atomic mass is 32.2. The number of benzene rings is 2. The zero-order chi connectivity index (χ0) is 20.8. The molecule has 0 saturated carbocycles. The predicted molar refractivity (Wildman–Crippen MR) is 116 cm³/mol. The number of hydrogen-bond donors (Lipinski definition) is 0. The summed E-state index contributed by atoms with van der Waals surface area (Å²) in [5.41, 5.74) is 2.10. The molecule has 0 bridgehead atoms. The maximum atomic E-state index is 12.6. The van der Waals surface area contributed by atoms with Gasteiger partial charge in [-0.15, -0.1) is 10.2 Å². The second-order valence-corrected chi connectivity index (χ2v) is 7.83. The SMILES string of the molecule is COc1ccc(-c2nnc(SCC(=O)N3CCOCC3)n2Cc2ccccc2)cc1. The number of carbonyl (C=O) groups excluding carboxylic acids is 1. The molecule has 0 spiro atoms. The number of ether oxygens (including phenoxy) is 2. The molecule has 2 heterocycles. The lowest BCUT2D eigenvalue weighted by Crippen LogP contribution is -2.41. The van der Waals surface area contributed by atoms with Gasteiger partial charge in [0.2, 0.25) is 5.91 Å². The van der Waals surface area contributed by atoms with Crippen molar-refractivity contribution in [1.82, 2.24) is 19.7 Å². The summed E-state index contributed by atoms with van der Waals surface area (Å²) in [5.74, 6) is 1.99. The Balaban J connectivity index is 1.57. The van der Waals surface area contributed by atoms with E-state index in [0.29, 0.717) is 38.6 Å².